The maximum Gasteiger partial charge on any atom is 0.416 e. The van der Waals surface area contributed by atoms with Crippen molar-refractivity contribution in [1.82, 2.24) is 9.47 Å². The van der Waals surface area contributed by atoms with Crippen LogP contribution in [0.3, 0.4) is 0 Å². The summed E-state index contributed by atoms with van der Waals surface area (Å²) in [6.07, 6.45) is -1.30. The molecule has 0 bridgehead atoms. The fraction of sp³-hybridized carbons (Fsp3) is 0.381. The number of rotatable bonds is 3. The summed E-state index contributed by atoms with van der Waals surface area (Å²) in [5, 5.41) is 2.41. The average molecular weight is 421 g/mol. The number of anilines is 1. The molecule has 1 fully saturated rings. The number of aromatic nitrogens is 1. The van der Waals surface area contributed by atoms with Gasteiger partial charge in [-0.1, -0.05) is 6.92 Å². The van der Waals surface area contributed by atoms with E-state index in [1.165, 1.54) is 23.9 Å². The molecule has 6 nitrogen and oxygen atoms in total. The molecule has 0 unspecified atom stereocenters. The highest BCUT2D eigenvalue weighted by Gasteiger charge is 2.30. The van der Waals surface area contributed by atoms with E-state index in [9.17, 15) is 27.6 Å². The molecule has 2 amide bonds. The van der Waals surface area contributed by atoms with Crippen LogP contribution in [0.2, 0.25) is 0 Å². The first-order chi connectivity index (χ1) is 14.1. The number of nitrogens with one attached hydrogen (secondary N) is 1. The Hall–Kier alpha value is -3.10. The van der Waals surface area contributed by atoms with Gasteiger partial charge in [0.1, 0.15) is 5.69 Å². The van der Waals surface area contributed by atoms with Crippen LogP contribution in [0.15, 0.2) is 41.3 Å². The second-order valence-corrected chi connectivity index (χ2v) is 7.56. The molecule has 3 rings (SSSR count). The second kappa shape index (κ2) is 8.33. The molecule has 9 heteroatoms. The monoisotopic (exact) mass is 421 g/mol. The molecule has 1 N–H and O–H groups in total. The largest absolute Gasteiger partial charge is 0.416 e. The first-order valence-electron chi connectivity index (χ1n) is 9.55. The van der Waals surface area contributed by atoms with Crippen LogP contribution >= 0.6 is 0 Å². The third-order valence-electron chi connectivity index (χ3n) is 5.22. The minimum Gasteiger partial charge on any atom is -0.339 e. The van der Waals surface area contributed by atoms with Crippen molar-refractivity contribution in [2.75, 3.05) is 18.4 Å². The standard InChI is InChI=1S/C21H22F3N3O3/c1-13-7-9-27(10-8-13)19(29)15-11-17(20(30)26(2)12-15)25-18(28)14-3-5-16(6-4-14)21(22,23)24/h3-6,11-13H,7-10H2,1-2H3,(H,25,28). The predicted octanol–water partition coefficient (Wildman–Crippen LogP) is 3.53. The maximum atomic E-state index is 12.8. The van der Waals surface area contributed by atoms with E-state index in [-0.39, 0.29) is 22.7 Å². The first-order valence-corrected chi connectivity index (χ1v) is 9.55. The van der Waals surface area contributed by atoms with E-state index in [4.69, 9.17) is 0 Å². The van der Waals surface area contributed by atoms with Gasteiger partial charge in [-0.05, 0) is 49.1 Å². The molecule has 1 saturated heterocycles. The molecule has 0 atom stereocenters. The van der Waals surface area contributed by atoms with E-state index in [1.807, 2.05) is 0 Å². The van der Waals surface area contributed by atoms with Gasteiger partial charge in [-0.2, -0.15) is 13.2 Å². The minimum absolute atomic E-state index is 0.0354. The summed E-state index contributed by atoms with van der Waals surface area (Å²) in [5.74, 6) is -0.424. The van der Waals surface area contributed by atoms with Gasteiger partial charge in [-0.25, -0.2) is 0 Å². The van der Waals surface area contributed by atoms with Gasteiger partial charge >= 0.3 is 6.18 Å². The van der Waals surface area contributed by atoms with Crippen LogP contribution < -0.4 is 10.9 Å². The number of halogens is 3. The number of piperidine rings is 1. The van der Waals surface area contributed by atoms with E-state index in [0.717, 1.165) is 37.1 Å². The Labute approximate surface area is 171 Å². The van der Waals surface area contributed by atoms with Crippen LogP contribution in [0.4, 0.5) is 18.9 Å². The van der Waals surface area contributed by atoms with Crippen molar-refractivity contribution in [3.8, 4) is 0 Å². The van der Waals surface area contributed by atoms with Crippen LogP contribution in [0, 0.1) is 5.92 Å². The molecule has 2 heterocycles. The molecule has 0 aliphatic carbocycles. The SMILES string of the molecule is CC1CCN(C(=O)c2cc(NC(=O)c3ccc(C(F)(F)F)cc3)c(=O)n(C)c2)CC1. The fourth-order valence-electron chi connectivity index (χ4n) is 3.32. The molecule has 0 saturated carbocycles. The van der Waals surface area contributed by atoms with Crippen LogP contribution in [0.1, 0.15) is 46.0 Å². The van der Waals surface area contributed by atoms with Crippen LogP contribution in [0.5, 0.6) is 0 Å². The Bertz CT molecular complexity index is 1000. The van der Waals surface area contributed by atoms with Crippen LogP contribution in [-0.4, -0.2) is 34.4 Å². The lowest BCUT2D eigenvalue weighted by molar-refractivity contribution is -0.137. The van der Waals surface area contributed by atoms with Gasteiger partial charge in [0, 0.05) is 31.9 Å². The van der Waals surface area contributed by atoms with E-state index in [2.05, 4.69) is 12.2 Å². The van der Waals surface area contributed by atoms with Gasteiger partial charge < -0.3 is 14.8 Å². The molecular weight excluding hydrogens is 399 g/mol. The molecule has 30 heavy (non-hydrogen) atoms. The molecule has 0 radical (unpaired) electrons. The molecule has 2 aromatic rings. The normalized spacial score (nSPS) is 15.2. The van der Waals surface area contributed by atoms with Gasteiger partial charge in [0.05, 0.1) is 11.1 Å². The second-order valence-electron chi connectivity index (χ2n) is 7.56. The van der Waals surface area contributed by atoms with Crippen molar-refractivity contribution < 1.29 is 22.8 Å². The van der Waals surface area contributed by atoms with Gasteiger partial charge in [0.25, 0.3) is 17.4 Å². The number of hydrogen-bond donors (Lipinski definition) is 1. The fourth-order valence-corrected chi connectivity index (χ4v) is 3.32. The quantitative estimate of drug-likeness (QED) is 0.824. The Kier molecular flexibility index (Phi) is 6.00. The third kappa shape index (κ3) is 4.72. The van der Waals surface area contributed by atoms with Gasteiger partial charge in [-0.3, -0.25) is 14.4 Å². The highest BCUT2D eigenvalue weighted by Crippen LogP contribution is 2.29. The number of likely N-dealkylation sites (tertiary alicyclic amines) is 1. The Morgan fingerprint density at radius 1 is 1.07 bits per heavy atom. The Balaban J connectivity index is 1.81. The molecule has 0 spiro atoms. The molecular formula is C21H22F3N3O3. The molecule has 1 aliphatic rings. The third-order valence-corrected chi connectivity index (χ3v) is 5.22. The van der Waals surface area contributed by atoms with Crippen molar-refractivity contribution in [2.45, 2.75) is 25.9 Å². The van der Waals surface area contributed by atoms with E-state index in [0.29, 0.717) is 19.0 Å². The number of nitrogens with zero attached hydrogens (tertiary/aromatic N) is 2. The van der Waals surface area contributed by atoms with Gasteiger partial charge in [0.2, 0.25) is 0 Å². The average Bonchev–Trinajstić information content (AvgIpc) is 2.70. The first kappa shape index (κ1) is 21.6. The number of carbonyl (C=O) groups is 2. The minimum atomic E-state index is -4.51. The zero-order valence-electron chi connectivity index (χ0n) is 16.6. The maximum absolute atomic E-state index is 12.8. The summed E-state index contributed by atoms with van der Waals surface area (Å²) >= 11 is 0. The van der Waals surface area contributed by atoms with E-state index >= 15 is 0 Å². The zero-order valence-corrected chi connectivity index (χ0v) is 16.6. The smallest absolute Gasteiger partial charge is 0.339 e. The summed E-state index contributed by atoms with van der Waals surface area (Å²) in [4.78, 5) is 39.3. The van der Waals surface area contributed by atoms with Gasteiger partial charge in [0.15, 0.2) is 0 Å². The molecule has 160 valence electrons. The zero-order chi connectivity index (χ0) is 22.1. The number of aryl methyl sites for hydroxylation is 1. The molecule has 1 aliphatic heterocycles. The van der Waals surface area contributed by atoms with Gasteiger partial charge in [-0.15, -0.1) is 0 Å². The number of hydrogen-bond acceptors (Lipinski definition) is 3. The van der Waals surface area contributed by atoms with Crippen molar-refractivity contribution in [3.63, 3.8) is 0 Å². The lowest BCUT2D eigenvalue weighted by atomic mass is 9.99. The Morgan fingerprint density at radius 2 is 1.67 bits per heavy atom. The van der Waals surface area contributed by atoms with Crippen molar-refractivity contribution in [1.29, 1.82) is 0 Å². The van der Waals surface area contributed by atoms with Crippen molar-refractivity contribution in [2.24, 2.45) is 13.0 Å². The molecule has 1 aromatic heterocycles. The van der Waals surface area contributed by atoms with E-state index in [1.54, 1.807) is 4.90 Å². The summed E-state index contributed by atoms with van der Waals surface area (Å²) in [5.41, 5.74) is -1.29. The number of carbonyl (C=O) groups excluding carboxylic acids is 2. The highest BCUT2D eigenvalue weighted by atomic mass is 19.4. The summed E-state index contributed by atoms with van der Waals surface area (Å²) in [6, 6.07) is 4.97. The van der Waals surface area contributed by atoms with Crippen LogP contribution in [-0.2, 0) is 13.2 Å². The van der Waals surface area contributed by atoms with Crippen molar-refractivity contribution in [3.05, 3.63) is 63.6 Å². The highest BCUT2D eigenvalue weighted by molar-refractivity contribution is 6.05. The van der Waals surface area contributed by atoms with Crippen molar-refractivity contribution >= 4 is 17.5 Å². The number of alkyl halides is 3. The summed E-state index contributed by atoms with van der Waals surface area (Å²) in [7, 11) is 1.46. The Morgan fingerprint density at radius 3 is 2.23 bits per heavy atom. The molecule has 1 aromatic carbocycles. The van der Waals surface area contributed by atoms with E-state index < -0.39 is 23.2 Å². The lowest BCUT2D eigenvalue weighted by Gasteiger charge is -2.30. The van der Waals surface area contributed by atoms with Crippen LogP contribution in [0.25, 0.3) is 0 Å². The lowest BCUT2D eigenvalue weighted by Crippen LogP contribution is -2.38. The summed E-state index contributed by atoms with van der Waals surface area (Å²) < 4.78 is 39.2. The topological polar surface area (TPSA) is 71.4 Å². The number of amides is 2. The number of pyridine rings is 1. The summed E-state index contributed by atoms with van der Waals surface area (Å²) in [6.45, 7) is 3.37. The predicted molar refractivity (Wildman–Crippen MR) is 105 cm³/mol. The number of benzene rings is 1.